The third-order valence-electron chi connectivity index (χ3n) is 4.14. The van der Waals surface area contributed by atoms with Crippen molar-refractivity contribution >= 4 is 17.6 Å². The summed E-state index contributed by atoms with van der Waals surface area (Å²) in [6.07, 6.45) is 0. The zero-order chi connectivity index (χ0) is 20.3. The quantitative estimate of drug-likeness (QED) is 0.677. The number of hydrogen-bond donors (Lipinski definition) is 1. The fraction of sp³-hybridized carbons (Fsp3) is 0.190. The number of aromatic nitrogens is 2. The first kappa shape index (κ1) is 19.3. The van der Waals surface area contributed by atoms with Crippen LogP contribution in [0.3, 0.4) is 0 Å². The van der Waals surface area contributed by atoms with Crippen LogP contribution in [0.25, 0.3) is 22.5 Å². The Labute approximate surface area is 161 Å². The minimum atomic E-state index is -0.519. The Hall–Kier alpha value is -3.48. The number of nitrogens with one attached hydrogen (secondary N) is 1. The monoisotopic (exact) mass is 381 g/mol. The van der Waals surface area contributed by atoms with Gasteiger partial charge in [-0.2, -0.15) is 5.10 Å². The minimum Gasteiger partial charge on any atom is -0.462 e. The average Bonchev–Trinajstić information content (AvgIpc) is 3.04. The molecule has 3 aromatic rings. The summed E-state index contributed by atoms with van der Waals surface area (Å²) in [6.45, 7) is 3.32. The maximum atomic E-state index is 13.2. The summed E-state index contributed by atoms with van der Waals surface area (Å²) < 4.78 is 20.0. The second-order valence-corrected chi connectivity index (χ2v) is 6.21. The first-order chi connectivity index (χ1) is 13.4. The molecule has 0 saturated heterocycles. The SMILES string of the molecule is CCOC(=O)c1cc(-c2cc(-c3ccc(F)cc3)nn2C)ccc1NC(C)=O. The molecule has 0 radical (unpaired) electrons. The molecule has 6 nitrogen and oxygen atoms in total. The third kappa shape index (κ3) is 4.09. The fourth-order valence-corrected chi connectivity index (χ4v) is 2.88. The second kappa shape index (κ2) is 8.04. The molecule has 0 aliphatic heterocycles. The van der Waals surface area contributed by atoms with Crippen LogP contribution >= 0.6 is 0 Å². The number of nitrogens with zero attached hydrogens (tertiary/aromatic N) is 2. The molecule has 1 amide bonds. The van der Waals surface area contributed by atoms with E-state index in [0.29, 0.717) is 11.4 Å². The number of rotatable bonds is 5. The highest BCUT2D eigenvalue weighted by Gasteiger charge is 2.17. The van der Waals surface area contributed by atoms with E-state index in [9.17, 15) is 14.0 Å². The minimum absolute atomic E-state index is 0.225. The lowest BCUT2D eigenvalue weighted by Gasteiger charge is -2.11. The Balaban J connectivity index is 2.03. The average molecular weight is 381 g/mol. The molecule has 0 bridgehead atoms. The van der Waals surface area contributed by atoms with E-state index in [4.69, 9.17) is 4.74 Å². The van der Waals surface area contributed by atoms with Crippen LogP contribution in [-0.2, 0) is 16.6 Å². The van der Waals surface area contributed by atoms with Crippen molar-refractivity contribution in [1.29, 1.82) is 0 Å². The van der Waals surface area contributed by atoms with Crippen molar-refractivity contribution in [2.45, 2.75) is 13.8 Å². The molecule has 1 heterocycles. The molecular weight excluding hydrogens is 361 g/mol. The zero-order valence-electron chi connectivity index (χ0n) is 15.8. The molecule has 28 heavy (non-hydrogen) atoms. The van der Waals surface area contributed by atoms with Gasteiger partial charge in [-0.1, -0.05) is 6.07 Å². The van der Waals surface area contributed by atoms with Gasteiger partial charge < -0.3 is 10.1 Å². The lowest BCUT2D eigenvalue weighted by molar-refractivity contribution is -0.114. The van der Waals surface area contributed by atoms with Gasteiger partial charge in [-0.05, 0) is 49.4 Å². The molecule has 0 saturated carbocycles. The summed E-state index contributed by atoms with van der Waals surface area (Å²) in [5.41, 5.74) is 3.61. The normalized spacial score (nSPS) is 10.6. The molecule has 7 heteroatoms. The second-order valence-electron chi connectivity index (χ2n) is 6.21. The number of esters is 1. The molecule has 0 unspecified atom stereocenters. The highest BCUT2D eigenvalue weighted by Crippen LogP contribution is 2.29. The van der Waals surface area contributed by atoms with Crippen molar-refractivity contribution in [3.8, 4) is 22.5 Å². The molecule has 144 valence electrons. The Morgan fingerprint density at radius 3 is 2.43 bits per heavy atom. The molecule has 3 rings (SSSR count). The Bertz CT molecular complexity index is 1030. The van der Waals surface area contributed by atoms with Crippen molar-refractivity contribution in [3.05, 3.63) is 59.9 Å². The van der Waals surface area contributed by atoms with Crippen LogP contribution in [-0.4, -0.2) is 28.3 Å². The predicted octanol–water partition coefficient (Wildman–Crippen LogP) is 4.03. The predicted molar refractivity (Wildman–Crippen MR) is 104 cm³/mol. The maximum absolute atomic E-state index is 13.2. The number of amides is 1. The summed E-state index contributed by atoms with van der Waals surface area (Å²) in [5, 5.41) is 7.12. The van der Waals surface area contributed by atoms with Gasteiger partial charge in [-0.3, -0.25) is 9.48 Å². The first-order valence-corrected chi connectivity index (χ1v) is 8.78. The molecule has 2 aromatic carbocycles. The summed E-state index contributed by atoms with van der Waals surface area (Å²) in [6, 6.07) is 13.0. The largest absolute Gasteiger partial charge is 0.462 e. The number of carbonyl (C=O) groups is 2. The van der Waals surface area contributed by atoms with Gasteiger partial charge in [0.25, 0.3) is 0 Å². The van der Waals surface area contributed by atoms with Gasteiger partial charge in [-0.25, -0.2) is 9.18 Å². The molecule has 0 aliphatic rings. The fourth-order valence-electron chi connectivity index (χ4n) is 2.88. The standard InChI is InChI=1S/C21H20FN3O3/c1-4-28-21(27)17-11-15(7-10-18(17)23-13(2)26)20-12-19(24-25(20)3)14-5-8-16(22)9-6-14/h5-12H,4H2,1-3H3,(H,23,26). The van der Waals surface area contributed by atoms with E-state index in [0.717, 1.165) is 16.8 Å². The van der Waals surface area contributed by atoms with Crippen LogP contribution in [0.1, 0.15) is 24.2 Å². The number of hydrogen-bond acceptors (Lipinski definition) is 4. The zero-order valence-corrected chi connectivity index (χ0v) is 15.8. The molecule has 1 N–H and O–H groups in total. The Morgan fingerprint density at radius 1 is 1.11 bits per heavy atom. The van der Waals surface area contributed by atoms with E-state index in [1.54, 1.807) is 49.0 Å². The van der Waals surface area contributed by atoms with Gasteiger partial charge in [0.2, 0.25) is 5.91 Å². The van der Waals surface area contributed by atoms with Crippen LogP contribution in [0, 0.1) is 5.82 Å². The van der Waals surface area contributed by atoms with Crippen LogP contribution in [0.2, 0.25) is 0 Å². The van der Waals surface area contributed by atoms with Crippen LogP contribution < -0.4 is 5.32 Å². The maximum Gasteiger partial charge on any atom is 0.340 e. The highest BCUT2D eigenvalue weighted by molar-refractivity contribution is 6.01. The van der Waals surface area contributed by atoms with Crippen molar-refractivity contribution in [2.75, 3.05) is 11.9 Å². The van der Waals surface area contributed by atoms with Gasteiger partial charge in [0, 0.05) is 25.1 Å². The topological polar surface area (TPSA) is 73.2 Å². The van der Waals surface area contributed by atoms with Gasteiger partial charge >= 0.3 is 5.97 Å². The third-order valence-corrected chi connectivity index (χ3v) is 4.14. The summed E-state index contributed by atoms with van der Waals surface area (Å²) >= 11 is 0. The van der Waals surface area contributed by atoms with Crippen LogP contribution in [0.5, 0.6) is 0 Å². The van der Waals surface area contributed by atoms with E-state index in [-0.39, 0.29) is 23.9 Å². The van der Waals surface area contributed by atoms with E-state index in [1.807, 2.05) is 6.07 Å². The van der Waals surface area contributed by atoms with E-state index in [2.05, 4.69) is 10.4 Å². The molecule has 0 spiro atoms. The van der Waals surface area contributed by atoms with E-state index >= 15 is 0 Å². The van der Waals surface area contributed by atoms with Crippen molar-refractivity contribution in [1.82, 2.24) is 9.78 Å². The number of carbonyl (C=O) groups excluding carboxylic acids is 2. The first-order valence-electron chi connectivity index (χ1n) is 8.78. The molecule has 0 aliphatic carbocycles. The summed E-state index contributed by atoms with van der Waals surface area (Å²) in [4.78, 5) is 23.8. The van der Waals surface area contributed by atoms with Crippen molar-refractivity contribution in [2.24, 2.45) is 7.05 Å². The number of anilines is 1. The van der Waals surface area contributed by atoms with Gasteiger partial charge in [-0.15, -0.1) is 0 Å². The van der Waals surface area contributed by atoms with Crippen LogP contribution in [0.15, 0.2) is 48.5 Å². The lowest BCUT2D eigenvalue weighted by Crippen LogP contribution is -2.13. The number of ether oxygens (including phenoxy) is 1. The van der Waals surface area contributed by atoms with Gasteiger partial charge in [0.1, 0.15) is 5.82 Å². The number of halogens is 1. The molecular formula is C21H20FN3O3. The Morgan fingerprint density at radius 2 is 1.79 bits per heavy atom. The molecule has 1 aromatic heterocycles. The lowest BCUT2D eigenvalue weighted by atomic mass is 10.0. The smallest absolute Gasteiger partial charge is 0.340 e. The van der Waals surface area contributed by atoms with Crippen molar-refractivity contribution < 1.29 is 18.7 Å². The van der Waals surface area contributed by atoms with E-state index < -0.39 is 5.97 Å². The Kier molecular flexibility index (Phi) is 5.54. The van der Waals surface area contributed by atoms with Gasteiger partial charge in [0.05, 0.1) is 29.2 Å². The molecule has 0 atom stereocenters. The number of benzene rings is 2. The summed E-state index contributed by atoms with van der Waals surface area (Å²) in [7, 11) is 1.79. The summed E-state index contributed by atoms with van der Waals surface area (Å²) in [5.74, 6) is -1.11. The molecule has 0 fully saturated rings. The van der Waals surface area contributed by atoms with E-state index in [1.165, 1.54) is 19.1 Å². The van der Waals surface area contributed by atoms with Gasteiger partial charge in [0.15, 0.2) is 0 Å². The highest BCUT2D eigenvalue weighted by atomic mass is 19.1. The van der Waals surface area contributed by atoms with Crippen LogP contribution in [0.4, 0.5) is 10.1 Å². The van der Waals surface area contributed by atoms with Crippen molar-refractivity contribution in [3.63, 3.8) is 0 Å². The number of aryl methyl sites for hydroxylation is 1.